The third-order valence-corrected chi connectivity index (χ3v) is 3.19. The third-order valence-electron chi connectivity index (χ3n) is 3.19. The predicted molar refractivity (Wildman–Crippen MR) is 84.4 cm³/mol. The van der Waals surface area contributed by atoms with Gasteiger partial charge in [0.05, 0.1) is 5.69 Å². The SMILES string of the molecule is CC(C)(C)c1ccc(OCCNCc2cnccn2)cc1. The Morgan fingerprint density at radius 3 is 2.48 bits per heavy atom. The number of hydrogen-bond acceptors (Lipinski definition) is 4. The first-order valence-electron chi connectivity index (χ1n) is 7.25. The molecule has 4 nitrogen and oxygen atoms in total. The first-order chi connectivity index (χ1) is 10.1. The van der Waals surface area contributed by atoms with Gasteiger partial charge in [0.1, 0.15) is 12.4 Å². The predicted octanol–water partition coefficient (Wildman–Crippen LogP) is 2.94. The third kappa shape index (κ3) is 5.16. The highest BCUT2D eigenvalue weighted by Gasteiger charge is 2.12. The summed E-state index contributed by atoms with van der Waals surface area (Å²) in [5.74, 6) is 0.907. The van der Waals surface area contributed by atoms with E-state index in [-0.39, 0.29) is 5.41 Å². The van der Waals surface area contributed by atoms with Crippen molar-refractivity contribution in [1.29, 1.82) is 0 Å². The number of nitrogens with zero attached hydrogens (tertiary/aromatic N) is 2. The van der Waals surface area contributed by atoms with E-state index < -0.39 is 0 Å². The van der Waals surface area contributed by atoms with Gasteiger partial charge in [-0.05, 0) is 23.1 Å². The van der Waals surface area contributed by atoms with Gasteiger partial charge in [-0.15, -0.1) is 0 Å². The average molecular weight is 285 g/mol. The van der Waals surface area contributed by atoms with Crippen LogP contribution in [0.3, 0.4) is 0 Å². The van der Waals surface area contributed by atoms with E-state index in [0.29, 0.717) is 13.2 Å². The zero-order valence-corrected chi connectivity index (χ0v) is 13.0. The van der Waals surface area contributed by atoms with Crippen molar-refractivity contribution in [3.8, 4) is 5.75 Å². The van der Waals surface area contributed by atoms with E-state index in [1.165, 1.54) is 5.56 Å². The summed E-state index contributed by atoms with van der Waals surface area (Å²) in [6.07, 6.45) is 5.14. The standard InChI is InChI=1S/C17H23N3O/c1-17(2,3)14-4-6-16(7-5-14)21-11-10-19-13-15-12-18-8-9-20-15/h4-9,12,19H,10-11,13H2,1-3H3. The van der Waals surface area contributed by atoms with Crippen molar-refractivity contribution in [2.45, 2.75) is 32.7 Å². The monoisotopic (exact) mass is 285 g/mol. The Hall–Kier alpha value is -1.94. The first kappa shape index (κ1) is 15.4. The maximum atomic E-state index is 5.71. The second-order valence-corrected chi connectivity index (χ2v) is 6.00. The van der Waals surface area contributed by atoms with E-state index in [2.05, 4.69) is 48.2 Å². The highest BCUT2D eigenvalue weighted by molar-refractivity contribution is 5.31. The molecule has 2 aromatic rings. The van der Waals surface area contributed by atoms with E-state index >= 15 is 0 Å². The van der Waals surface area contributed by atoms with E-state index in [0.717, 1.165) is 18.0 Å². The normalized spacial score (nSPS) is 11.4. The van der Waals surface area contributed by atoms with Crippen LogP contribution < -0.4 is 10.1 Å². The molecular formula is C17H23N3O. The van der Waals surface area contributed by atoms with Crippen molar-refractivity contribution in [2.75, 3.05) is 13.2 Å². The molecule has 0 aliphatic heterocycles. The molecule has 0 saturated carbocycles. The molecule has 0 unspecified atom stereocenters. The molecule has 1 aromatic heterocycles. The summed E-state index contributed by atoms with van der Waals surface area (Å²) < 4.78 is 5.71. The van der Waals surface area contributed by atoms with Gasteiger partial charge in [-0.2, -0.15) is 0 Å². The van der Waals surface area contributed by atoms with Gasteiger partial charge in [-0.1, -0.05) is 32.9 Å². The minimum Gasteiger partial charge on any atom is -0.492 e. The molecule has 2 rings (SSSR count). The first-order valence-corrected chi connectivity index (χ1v) is 7.25. The smallest absolute Gasteiger partial charge is 0.119 e. The van der Waals surface area contributed by atoms with Crippen molar-refractivity contribution in [1.82, 2.24) is 15.3 Å². The van der Waals surface area contributed by atoms with Gasteiger partial charge in [0.15, 0.2) is 0 Å². The average Bonchev–Trinajstić information content (AvgIpc) is 2.47. The van der Waals surface area contributed by atoms with E-state index in [9.17, 15) is 0 Å². The molecule has 1 aromatic carbocycles. The summed E-state index contributed by atoms with van der Waals surface area (Å²) in [7, 11) is 0. The lowest BCUT2D eigenvalue weighted by molar-refractivity contribution is 0.313. The van der Waals surface area contributed by atoms with E-state index in [4.69, 9.17) is 4.74 Å². The molecule has 0 atom stereocenters. The molecule has 112 valence electrons. The van der Waals surface area contributed by atoms with Crippen LogP contribution in [0.5, 0.6) is 5.75 Å². The maximum Gasteiger partial charge on any atom is 0.119 e. The van der Waals surface area contributed by atoms with Crippen molar-refractivity contribution < 1.29 is 4.74 Å². The lowest BCUT2D eigenvalue weighted by atomic mass is 9.87. The summed E-state index contributed by atoms with van der Waals surface area (Å²) in [6.45, 7) is 8.74. The van der Waals surface area contributed by atoms with Crippen LogP contribution in [0.2, 0.25) is 0 Å². The molecule has 0 aliphatic rings. The summed E-state index contributed by atoms with van der Waals surface area (Å²) >= 11 is 0. The molecule has 0 fully saturated rings. The van der Waals surface area contributed by atoms with Crippen LogP contribution in [-0.4, -0.2) is 23.1 Å². The van der Waals surface area contributed by atoms with Crippen molar-refractivity contribution in [3.05, 3.63) is 54.1 Å². The molecule has 21 heavy (non-hydrogen) atoms. The molecule has 0 spiro atoms. The summed E-state index contributed by atoms with van der Waals surface area (Å²) in [4.78, 5) is 8.23. The summed E-state index contributed by atoms with van der Waals surface area (Å²) in [6, 6.07) is 8.32. The van der Waals surface area contributed by atoms with Crippen molar-refractivity contribution >= 4 is 0 Å². The van der Waals surface area contributed by atoms with Crippen LogP contribution >= 0.6 is 0 Å². The molecule has 0 saturated heterocycles. The Labute approximate surface area is 126 Å². The van der Waals surface area contributed by atoms with Gasteiger partial charge < -0.3 is 10.1 Å². The second kappa shape index (κ2) is 7.18. The number of benzene rings is 1. The molecule has 1 heterocycles. The van der Waals surface area contributed by atoms with Crippen LogP contribution in [0.4, 0.5) is 0 Å². The topological polar surface area (TPSA) is 47.0 Å². The zero-order valence-electron chi connectivity index (χ0n) is 13.0. The number of hydrogen-bond donors (Lipinski definition) is 1. The van der Waals surface area contributed by atoms with Crippen molar-refractivity contribution in [3.63, 3.8) is 0 Å². The summed E-state index contributed by atoms with van der Waals surface area (Å²) in [5.41, 5.74) is 2.43. The van der Waals surface area contributed by atoms with Gasteiger partial charge in [0, 0.05) is 31.7 Å². The number of ether oxygens (including phenoxy) is 1. The Morgan fingerprint density at radius 1 is 1.10 bits per heavy atom. The highest BCUT2D eigenvalue weighted by Crippen LogP contribution is 2.24. The van der Waals surface area contributed by atoms with Crippen LogP contribution in [0, 0.1) is 0 Å². The minimum absolute atomic E-state index is 0.177. The quantitative estimate of drug-likeness (QED) is 0.829. The van der Waals surface area contributed by atoms with Gasteiger partial charge in [0.25, 0.3) is 0 Å². The van der Waals surface area contributed by atoms with E-state index in [1.807, 2.05) is 12.1 Å². The van der Waals surface area contributed by atoms with Gasteiger partial charge >= 0.3 is 0 Å². The molecule has 0 amide bonds. The number of rotatable bonds is 6. The Balaban J connectivity index is 1.69. The molecule has 0 aliphatic carbocycles. The highest BCUT2D eigenvalue weighted by atomic mass is 16.5. The molecule has 0 radical (unpaired) electrons. The maximum absolute atomic E-state index is 5.71. The fourth-order valence-corrected chi connectivity index (χ4v) is 1.93. The fraction of sp³-hybridized carbons (Fsp3) is 0.412. The fourth-order valence-electron chi connectivity index (χ4n) is 1.93. The largest absolute Gasteiger partial charge is 0.492 e. The lowest BCUT2D eigenvalue weighted by Gasteiger charge is -2.19. The summed E-state index contributed by atoms with van der Waals surface area (Å²) in [5, 5.41) is 3.28. The minimum atomic E-state index is 0.177. The number of aromatic nitrogens is 2. The molecule has 1 N–H and O–H groups in total. The van der Waals surface area contributed by atoms with Crippen LogP contribution in [0.25, 0.3) is 0 Å². The van der Waals surface area contributed by atoms with Crippen LogP contribution in [0.15, 0.2) is 42.9 Å². The van der Waals surface area contributed by atoms with Crippen molar-refractivity contribution in [2.24, 2.45) is 0 Å². The van der Waals surface area contributed by atoms with Gasteiger partial charge in [-0.3, -0.25) is 9.97 Å². The molecule has 0 bridgehead atoms. The van der Waals surface area contributed by atoms with Gasteiger partial charge in [-0.25, -0.2) is 0 Å². The van der Waals surface area contributed by atoms with Gasteiger partial charge in [0.2, 0.25) is 0 Å². The van der Waals surface area contributed by atoms with Crippen LogP contribution in [0.1, 0.15) is 32.0 Å². The zero-order chi connectivity index (χ0) is 15.1. The molecular weight excluding hydrogens is 262 g/mol. The number of nitrogens with one attached hydrogen (secondary N) is 1. The van der Waals surface area contributed by atoms with Crippen LogP contribution in [-0.2, 0) is 12.0 Å². The second-order valence-electron chi connectivity index (χ2n) is 6.00. The lowest BCUT2D eigenvalue weighted by Crippen LogP contribution is -2.21. The Kier molecular flexibility index (Phi) is 5.28. The Morgan fingerprint density at radius 2 is 1.86 bits per heavy atom. The molecule has 4 heteroatoms. The van der Waals surface area contributed by atoms with E-state index in [1.54, 1.807) is 18.6 Å². The Bertz CT molecular complexity index is 532.